The van der Waals surface area contributed by atoms with Crippen LogP contribution in [0.3, 0.4) is 0 Å². The molecule has 0 bridgehead atoms. The van der Waals surface area contributed by atoms with Crippen LogP contribution in [0.25, 0.3) is 0 Å². The molecule has 0 amide bonds. The molecule has 3 aromatic carbocycles. The van der Waals surface area contributed by atoms with E-state index < -0.39 is 5.60 Å². The predicted molar refractivity (Wildman–Crippen MR) is 133 cm³/mol. The molecular formula is C27H28N2O2S. The van der Waals surface area contributed by atoms with Crippen molar-refractivity contribution in [2.24, 2.45) is 5.92 Å². The number of aliphatic hydroxyl groups is 1. The van der Waals surface area contributed by atoms with Crippen LogP contribution in [0.1, 0.15) is 41.3 Å². The van der Waals surface area contributed by atoms with Gasteiger partial charge in [0.05, 0.1) is 0 Å². The summed E-state index contributed by atoms with van der Waals surface area (Å²) < 4.78 is 0. The fraction of sp³-hybridized carbons (Fsp3) is 0.259. The Morgan fingerprint density at radius 3 is 1.88 bits per heavy atom. The molecule has 164 valence electrons. The number of Topliss-reactive ketones (excluding diaryl/α,β-unsaturated/α-hetero) is 1. The van der Waals surface area contributed by atoms with E-state index in [2.05, 4.69) is 10.2 Å². The van der Waals surface area contributed by atoms with Crippen LogP contribution in [0.15, 0.2) is 84.9 Å². The third kappa shape index (κ3) is 4.59. The second kappa shape index (κ2) is 9.63. The minimum absolute atomic E-state index is 0.0468. The Labute approximate surface area is 194 Å². The zero-order valence-electron chi connectivity index (χ0n) is 18.2. The maximum absolute atomic E-state index is 12.0. The first-order valence-corrected chi connectivity index (χ1v) is 11.4. The van der Waals surface area contributed by atoms with Gasteiger partial charge in [-0.25, -0.2) is 0 Å². The van der Waals surface area contributed by atoms with Gasteiger partial charge in [0.25, 0.3) is 0 Å². The van der Waals surface area contributed by atoms with Gasteiger partial charge in [-0.1, -0.05) is 60.7 Å². The van der Waals surface area contributed by atoms with E-state index in [0.717, 1.165) is 42.7 Å². The third-order valence-electron chi connectivity index (χ3n) is 6.34. The summed E-state index contributed by atoms with van der Waals surface area (Å²) in [6.45, 7) is 3.09. The number of rotatable bonds is 5. The second-order valence-corrected chi connectivity index (χ2v) is 8.71. The Kier molecular flexibility index (Phi) is 6.68. The number of hydrogen-bond acceptors (Lipinski definition) is 3. The normalized spacial score (nSPS) is 14.8. The zero-order valence-corrected chi connectivity index (χ0v) is 19.0. The first-order chi connectivity index (χ1) is 15.5. The molecule has 5 heteroatoms. The summed E-state index contributed by atoms with van der Waals surface area (Å²) >= 11 is 5.64. The molecule has 1 heterocycles. The number of carbonyl (C=O) groups excluding carboxylic acids is 1. The van der Waals surface area contributed by atoms with Crippen molar-refractivity contribution in [2.45, 2.75) is 25.4 Å². The fourth-order valence-electron chi connectivity index (χ4n) is 4.51. The lowest BCUT2D eigenvalue weighted by atomic mass is 9.72. The quantitative estimate of drug-likeness (QED) is 0.417. The third-order valence-corrected chi connectivity index (χ3v) is 6.70. The number of anilines is 1. The van der Waals surface area contributed by atoms with E-state index in [-0.39, 0.29) is 11.7 Å². The topological polar surface area (TPSA) is 52.6 Å². The minimum atomic E-state index is -1.04. The highest BCUT2D eigenvalue weighted by molar-refractivity contribution is 7.80. The lowest BCUT2D eigenvalue weighted by Gasteiger charge is -2.43. The molecule has 4 nitrogen and oxygen atoms in total. The first-order valence-electron chi connectivity index (χ1n) is 11.0. The average Bonchev–Trinajstić information content (AvgIpc) is 2.85. The van der Waals surface area contributed by atoms with E-state index in [0.29, 0.717) is 10.7 Å². The molecule has 1 aliphatic heterocycles. The Bertz CT molecular complexity index is 1020. The van der Waals surface area contributed by atoms with Crippen LogP contribution in [-0.2, 0) is 5.60 Å². The summed E-state index contributed by atoms with van der Waals surface area (Å²) in [5.74, 6) is 0.131. The van der Waals surface area contributed by atoms with Gasteiger partial charge in [-0.15, -0.1) is 0 Å². The van der Waals surface area contributed by atoms with E-state index in [1.807, 2.05) is 72.8 Å². The van der Waals surface area contributed by atoms with Crippen molar-refractivity contribution in [3.05, 3.63) is 102 Å². The molecular weight excluding hydrogens is 416 g/mol. The van der Waals surface area contributed by atoms with Gasteiger partial charge >= 0.3 is 0 Å². The molecule has 32 heavy (non-hydrogen) atoms. The lowest BCUT2D eigenvalue weighted by Crippen LogP contribution is -2.47. The summed E-state index contributed by atoms with van der Waals surface area (Å²) in [5.41, 5.74) is 2.37. The average molecular weight is 445 g/mol. The summed E-state index contributed by atoms with van der Waals surface area (Å²) in [5, 5.41) is 16.0. The van der Waals surface area contributed by atoms with Crippen molar-refractivity contribution >= 4 is 28.8 Å². The number of piperidine rings is 1. The summed E-state index contributed by atoms with van der Waals surface area (Å²) in [6, 6.07) is 27.3. The van der Waals surface area contributed by atoms with Crippen LogP contribution in [0.2, 0.25) is 0 Å². The number of carbonyl (C=O) groups is 1. The van der Waals surface area contributed by atoms with Gasteiger partial charge in [-0.05, 0) is 73.3 Å². The van der Waals surface area contributed by atoms with Gasteiger partial charge in [0, 0.05) is 24.3 Å². The van der Waals surface area contributed by atoms with Crippen molar-refractivity contribution in [2.75, 3.05) is 18.4 Å². The standard InChI is InChI=1S/C27H28N2O2S/c1-20(30)21-12-14-25(15-13-21)28-26(32)29-18-16-24(17-19-29)27(31,22-8-4-2-5-9-22)23-10-6-3-7-11-23/h2-15,24,31H,16-19H2,1H3,(H,28,32). The second-order valence-electron chi connectivity index (χ2n) is 8.32. The number of likely N-dealkylation sites (tertiary alicyclic amines) is 1. The van der Waals surface area contributed by atoms with Gasteiger partial charge in [0.1, 0.15) is 5.60 Å². The van der Waals surface area contributed by atoms with Crippen molar-refractivity contribution in [3.63, 3.8) is 0 Å². The first kappa shape index (κ1) is 22.2. The van der Waals surface area contributed by atoms with Gasteiger partial charge in [0.15, 0.2) is 10.9 Å². The lowest BCUT2D eigenvalue weighted by molar-refractivity contribution is -0.00631. The molecule has 0 spiro atoms. The highest BCUT2D eigenvalue weighted by Crippen LogP contribution is 2.41. The number of ketones is 1. The highest BCUT2D eigenvalue weighted by Gasteiger charge is 2.41. The van der Waals surface area contributed by atoms with Crippen molar-refractivity contribution in [1.82, 2.24) is 4.90 Å². The molecule has 3 aromatic rings. The van der Waals surface area contributed by atoms with E-state index in [4.69, 9.17) is 12.2 Å². The van der Waals surface area contributed by atoms with E-state index >= 15 is 0 Å². The maximum atomic E-state index is 12.0. The van der Waals surface area contributed by atoms with Crippen molar-refractivity contribution in [3.8, 4) is 0 Å². The highest BCUT2D eigenvalue weighted by atomic mass is 32.1. The predicted octanol–water partition coefficient (Wildman–Crippen LogP) is 5.23. The molecule has 0 radical (unpaired) electrons. The maximum Gasteiger partial charge on any atom is 0.173 e. The summed E-state index contributed by atoms with van der Waals surface area (Å²) in [4.78, 5) is 13.6. The molecule has 0 atom stereocenters. The van der Waals surface area contributed by atoms with Crippen LogP contribution in [-0.4, -0.2) is 34.0 Å². The molecule has 4 rings (SSSR count). The minimum Gasteiger partial charge on any atom is -0.380 e. The number of nitrogens with zero attached hydrogens (tertiary/aromatic N) is 1. The monoisotopic (exact) mass is 444 g/mol. The largest absolute Gasteiger partial charge is 0.380 e. The van der Waals surface area contributed by atoms with Gasteiger partial charge in [-0.2, -0.15) is 0 Å². The number of benzene rings is 3. The Morgan fingerprint density at radius 1 is 0.906 bits per heavy atom. The molecule has 2 N–H and O–H groups in total. The SMILES string of the molecule is CC(=O)c1ccc(NC(=S)N2CCC(C(O)(c3ccccc3)c3ccccc3)CC2)cc1. The molecule has 0 saturated carbocycles. The van der Waals surface area contributed by atoms with Gasteiger partial charge in [-0.3, -0.25) is 4.79 Å². The van der Waals surface area contributed by atoms with Crippen molar-refractivity contribution < 1.29 is 9.90 Å². The smallest absolute Gasteiger partial charge is 0.173 e. The Morgan fingerprint density at radius 2 is 1.41 bits per heavy atom. The molecule has 1 aliphatic rings. The zero-order chi connectivity index (χ0) is 22.6. The number of nitrogens with one attached hydrogen (secondary N) is 1. The van der Waals surface area contributed by atoms with Crippen LogP contribution in [0.4, 0.5) is 5.69 Å². The molecule has 0 aromatic heterocycles. The summed E-state index contributed by atoms with van der Waals surface area (Å²) in [6.07, 6.45) is 1.65. The van der Waals surface area contributed by atoms with E-state index in [9.17, 15) is 9.90 Å². The Balaban J connectivity index is 1.46. The number of thiocarbonyl (C=S) groups is 1. The van der Waals surface area contributed by atoms with Crippen LogP contribution < -0.4 is 5.32 Å². The van der Waals surface area contributed by atoms with Crippen LogP contribution in [0, 0.1) is 5.92 Å². The van der Waals surface area contributed by atoms with Gasteiger partial charge < -0.3 is 15.3 Å². The molecule has 1 saturated heterocycles. The fourth-order valence-corrected chi connectivity index (χ4v) is 4.81. The molecule has 0 aliphatic carbocycles. The van der Waals surface area contributed by atoms with Gasteiger partial charge in [0.2, 0.25) is 0 Å². The molecule has 0 unspecified atom stereocenters. The van der Waals surface area contributed by atoms with Crippen LogP contribution in [0.5, 0.6) is 0 Å². The van der Waals surface area contributed by atoms with Crippen LogP contribution >= 0.6 is 12.2 Å². The number of hydrogen-bond donors (Lipinski definition) is 2. The van der Waals surface area contributed by atoms with Crippen molar-refractivity contribution in [1.29, 1.82) is 0 Å². The Hall–Kier alpha value is -3.02. The van der Waals surface area contributed by atoms with E-state index in [1.165, 1.54) is 0 Å². The van der Waals surface area contributed by atoms with E-state index in [1.54, 1.807) is 19.1 Å². The summed E-state index contributed by atoms with van der Waals surface area (Å²) in [7, 11) is 0. The molecule has 1 fully saturated rings.